The highest BCUT2D eigenvalue weighted by Crippen LogP contribution is 2.20. The quantitative estimate of drug-likeness (QED) is 0.521. The molecule has 1 N–H and O–H groups in total. The monoisotopic (exact) mass is 251 g/mol. The molecule has 1 nitrogen and oxygen atoms in total. The predicted octanol–water partition coefficient (Wildman–Crippen LogP) is 4.19. The first-order valence-electron chi connectivity index (χ1n) is 6.71. The van der Waals surface area contributed by atoms with Crippen molar-refractivity contribution in [3.05, 3.63) is 30.3 Å². The summed E-state index contributed by atoms with van der Waals surface area (Å²) in [6.07, 6.45) is 3.85. The lowest BCUT2D eigenvalue weighted by Gasteiger charge is -2.11. The summed E-state index contributed by atoms with van der Waals surface area (Å²) in [5, 5.41) is 3.47. The predicted molar refractivity (Wildman–Crippen MR) is 78.7 cm³/mol. The lowest BCUT2D eigenvalue weighted by molar-refractivity contribution is 0.491. The van der Waals surface area contributed by atoms with E-state index in [0.29, 0.717) is 0 Å². The molecule has 0 saturated carbocycles. The second-order valence-electron chi connectivity index (χ2n) is 4.59. The summed E-state index contributed by atoms with van der Waals surface area (Å²) in [4.78, 5) is 1.39. The molecular formula is C15H25NS. The number of thioether (sulfide) groups is 1. The summed E-state index contributed by atoms with van der Waals surface area (Å²) in [5.74, 6) is 2.06. The zero-order valence-corrected chi connectivity index (χ0v) is 11.9. The smallest absolute Gasteiger partial charge is 0.00719 e. The van der Waals surface area contributed by atoms with E-state index >= 15 is 0 Å². The van der Waals surface area contributed by atoms with Gasteiger partial charge in [0.1, 0.15) is 0 Å². The molecule has 1 rings (SSSR count). The minimum atomic E-state index is 0.829. The van der Waals surface area contributed by atoms with Crippen LogP contribution in [0.25, 0.3) is 0 Å². The van der Waals surface area contributed by atoms with Crippen LogP contribution in [0.15, 0.2) is 35.2 Å². The van der Waals surface area contributed by atoms with Gasteiger partial charge < -0.3 is 5.32 Å². The van der Waals surface area contributed by atoms with Crippen LogP contribution in [0.5, 0.6) is 0 Å². The van der Waals surface area contributed by atoms with E-state index in [1.54, 1.807) is 0 Å². The maximum atomic E-state index is 3.47. The molecule has 0 aliphatic rings. The van der Waals surface area contributed by atoms with Crippen LogP contribution in [0, 0.1) is 5.92 Å². The van der Waals surface area contributed by atoms with E-state index in [-0.39, 0.29) is 0 Å². The van der Waals surface area contributed by atoms with E-state index in [4.69, 9.17) is 0 Å². The standard InChI is InChI=1S/C15H25NS/c1-3-11-16-12-9-14(2)10-13-17-15-7-5-4-6-8-15/h4-8,14,16H,3,9-13H2,1-2H3. The van der Waals surface area contributed by atoms with Gasteiger partial charge in [0.05, 0.1) is 0 Å². The summed E-state index contributed by atoms with van der Waals surface area (Å²) < 4.78 is 0. The van der Waals surface area contributed by atoms with Crippen LogP contribution in [0.2, 0.25) is 0 Å². The first-order chi connectivity index (χ1) is 8.33. The number of hydrogen-bond donors (Lipinski definition) is 1. The van der Waals surface area contributed by atoms with E-state index < -0.39 is 0 Å². The van der Waals surface area contributed by atoms with Crippen LogP contribution >= 0.6 is 11.8 Å². The molecule has 0 amide bonds. The van der Waals surface area contributed by atoms with Crippen LogP contribution in [-0.4, -0.2) is 18.8 Å². The first kappa shape index (κ1) is 14.6. The third-order valence-corrected chi connectivity index (χ3v) is 3.91. The van der Waals surface area contributed by atoms with Crippen molar-refractivity contribution in [2.75, 3.05) is 18.8 Å². The molecule has 1 aromatic carbocycles. The van der Waals surface area contributed by atoms with Gasteiger partial charge in [-0.05, 0) is 56.2 Å². The van der Waals surface area contributed by atoms with Crippen LogP contribution in [0.3, 0.4) is 0 Å². The van der Waals surface area contributed by atoms with Crippen LogP contribution in [0.4, 0.5) is 0 Å². The van der Waals surface area contributed by atoms with Gasteiger partial charge in [0, 0.05) is 4.90 Å². The SMILES string of the molecule is CCCNCCC(C)CCSc1ccccc1. The van der Waals surface area contributed by atoms with E-state index in [1.165, 1.54) is 36.5 Å². The van der Waals surface area contributed by atoms with Crippen molar-refractivity contribution < 1.29 is 0 Å². The van der Waals surface area contributed by atoms with Crippen molar-refractivity contribution >= 4 is 11.8 Å². The lowest BCUT2D eigenvalue weighted by Crippen LogP contribution is -2.18. The van der Waals surface area contributed by atoms with Gasteiger partial charge in [-0.3, -0.25) is 0 Å². The third-order valence-electron chi connectivity index (χ3n) is 2.86. The maximum Gasteiger partial charge on any atom is 0.00719 e. The third kappa shape index (κ3) is 7.45. The summed E-state index contributed by atoms with van der Waals surface area (Å²) in [5.41, 5.74) is 0. The molecule has 2 heteroatoms. The number of hydrogen-bond acceptors (Lipinski definition) is 2. The minimum absolute atomic E-state index is 0.829. The fourth-order valence-corrected chi connectivity index (χ4v) is 2.79. The Kier molecular flexibility index (Phi) is 8.20. The van der Waals surface area contributed by atoms with Gasteiger partial charge in [-0.1, -0.05) is 32.0 Å². The Hall–Kier alpha value is -0.470. The summed E-state index contributed by atoms with van der Waals surface area (Å²) in [7, 11) is 0. The number of benzene rings is 1. The van der Waals surface area contributed by atoms with E-state index in [9.17, 15) is 0 Å². The molecule has 0 saturated heterocycles. The second-order valence-corrected chi connectivity index (χ2v) is 5.76. The van der Waals surface area contributed by atoms with Crippen LogP contribution in [-0.2, 0) is 0 Å². The Balaban J connectivity index is 2.02. The van der Waals surface area contributed by atoms with Gasteiger partial charge in [-0.15, -0.1) is 11.8 Å². The Morgan fingerprint density at radius 3 is 2.59 bits per heavy atom. The van der Waals surface area contributed by atoms with Crippen LogP contribution < -0.4 is 5.32 Å². The van der Waals surface area contributed by atoms with Gasteiger partial charge in [-0.2, -0.15) is 0 Å². The Bertz CT molecular complexity index is 274. The molecule has 0 spiro atoms. The van der Waals surface area contributed by atoms with Crippen molar-refractivity contribution in [1.82, 2.24) is 5.32 Å². The topological polar surface area (TPSA) is 12.0 Å². The number of rotatable bonds is 9. The normalized spacial score (nSPS) is 12.6. The largest absolute Gasteiger partial charge is 0.317 e. The average Bonchev–Trinajstić information content (AvgIpc) is 2.36. The van der Waals surface area contributed by atoms with Crippen molar-refractivity contribution in [1.29, 1.82) is 0 Å². The highest BCUT2D eigenvalue weighted by atomic mass is 32.2. The fraction of sp³-hybridized carbons (Fsp3) is 0.600. The van der Waals surface area contributed by atoms with Crippen molar-refractivity contribution in [3.63, 3.8) is 0 Å². The van der Waals surface area contributed by atoms with E-state index in [0.717, 1.165) is 12.5 Å². The summed E-state index contributed by atoms with van der Waals surface area (Å²) >= 11 is 1.97. The average molecular weight is 251 g/mol. The Morgan fingerprint density at radius 2 is 1.88 bits per heavy atom. The maximum absolute atomic E-state index is 3.47. The summed E-state index contributed by atoms with van der Waals surface area (Å²) in [6.45, 7) is 6.91. The molecule has 0 fully saturated rings. The zero-order valence-electron chi connectivity index (χ0n) is 11.1. The van der Waals surface area contributed by atoms with Gasteiger partial charge in [0.15, 0.2) is 0 Å². The van der Waals surface area contributed by atoms with Gasteiger partial charge >= 0.3 is 0 Å². The molecule has 0 bridgehead atoms. The molecule has 17 heavy (non-hydrogen) atoms. The molecule has 0 aromatic heterocycles. The van der Waals surface area contributed by atoms with Crippen molar-refractivity contribution in [2.24, 2.45) is 5.92 Å². The van der Waals surface area contributed by atoms with E-state index in [2.05, 4.69) is 49.5 Å². The van der Waals surface area contributed by atoms with Crippen molar-refractivity contribution in [2.45, 2.75) is 38.0 Å². The second kappa shape index (κ2) is 9.55. The molecule has 1 atom stereocenters. The highest BCUT2D eigenvalue weighted by Gasteiger charge is 2.02. The molecular weight excluding hydrogens is 226 g/mol. The van der Waals surface area contributed by atoms with Crippen LogP contribution in [0.1, 0.15) is 33.1 Å². The Labute approximate surface area is 110 Å². The molecule has 0 aliphatic heterocycles. The molecule has 0 radical (unpaired) electrons. The van der Waals surface area contributed by atoms with Gasteiger partial charge in [0.2, 0.25) is 0 Å². The van der Waals surface area contributed by atoms with Gasteiger partial charge in [-0.25, -0.2) is 0 Å². The molecule has 0 heterocycles. The molecule has 96 valence electrons. The zero-order chi connectivity index (χ0) is 12.3. The Morgan fingerprint density at radius 1 is 1.12 bits per heavy atom. The highest BCUT2D eigenvalue weighted by molar-refractivity contribution is 7.99. The first-order valence-corrected chi connectivity index (χ1v) is 7.70. The van der Waals surface area contributed by atoms with Gasteiger partial charge in [0.25, 0.3) is 0 Å². The molecule has 1 unspecified atom stereocenters. The minimum Gasteiger partial charge on any atom is -0.317 e. The number of nitrogens with one attached hydrogen (secondary N) is 1. The molecule has 0 aliphatic carbocycles. The van der Waals surface area contributed by atoms with E-state index in [1.807, 2.05) is 11.8 Å². The lowest BCUT2D eigenvalue weighted by atomic mass is 10.1. The summed E-state index contributed by atoms with van der Waals surface area (Å²) in [6, 6.07) is 10.7. The molecule has 1 aromatic rings. The fourth-order valence-electron chi connectivity index (χ4n) is 1.69. The van der Waals surface area contributed by atoms with Crippen molar-refractivity contribution in [3.8, 4) is 0 Å².